The van der Waals surface area contributed by atoms with Crippen LogP contribution in [-0.4, -0.2) is 51.4 Å². The quantitative estimate of drug-likeness (QED) is 0.639. The normalized spacial score (nSPS) is 21.3. The number of aromatic hydroxyl groups is 1. The molecule has 1 aromatic carbocycles. The summed E-state index contributed by atoms with van der Waals surface area (Å²) in [5.74, 6) is 1.08. The zero-order valence-corrected chi connectivity index (χ0v) is 14.5. The second-order valence-electron chi connectivity index (χ2n) is 6.60. The number of hydrogen-bond acceptors (Lipinski definition) is 6. The van der Waals surface area contributed by atoms with Crippen LogP contribution in [0.1, 0.15) is 34.7 Å². The number of rotatable bonds is 5. The van der Waals surface area contributed by atoms with Gasteiger partial charge in [0.05, 0.1) is 18.7 Å². The molecule has 1 saturated heterocycles. The standard InChI is InChI=1S/C19H24N2O5/c22-12-16-8-7-15(26-16)10-21-9-1-2-18(24)17(11-21)20-19(25)13-3-5-14(23)6-4-13/h3-8,17-18,22-24H,1-2,9-12H2,(H,20,25)/t17-,18+/m0/s1. The molecule has 2 aromatic rings. The Hall–Kier alpha value is -2.35. The maximum atomic E-state index is 12.4. The molecule has 7 heteroatoms. The second-order valence-corrected chi connectivity index (χ2v) is 6.60. The van der Waals surface area contributed by atoms with Crippen molar-refractivity contribution < 1.29 is 24.5 Å². The van der Waals surface area contributed by atoms with Crippen LogP contribution in [-0.2, 0) is 13.2 Å². The Morgan fingerprint density at radius 2 is 1.92 bits per heavy atom. The van der Waals surface area contributed by atoms with Crippen LogP contribution in [0.4, 0.5) is 0 Å². The molecule has 2 heterocycles. The van der Waals surface area contributed by atoms with Crippen LogP contribution in [0.25, 0.3) is 0 Å². The molecule has 3 rings (SSSR count). The lowest BCUT2D eigenvalue weighted by Gasteiger charge is -2.26. The van der Waals surface area contributed by atoms with E-state index in [0.29, 0.717) is 30.8 Å². The molecule has 0 radical (unpaired) electrons. The maximum Gasteiger partial charge on any atom is 0.251 e. The third-order valence-corrected chi connectivity index (χ3v) is 4.59. The van der Waals surface area contributed by atoms with Gasteiger partial charge in [-0.3, -0.25) is 9.69 Å². The van der Waals surface area contributed by atoms with Gasteiger partial charge >= 0.3 is 0 Å². The predicted molar refractivity (Wildman–Crippen MR) is 94.5 cm³/mol. The number of nitrogens with zero attached hydrogens (tertiary/aromatic N) is 1. The Balaban J connectivity index is 1.64. The van der Waals surface area contributed by atoms with Gasteiger partial charge in [0.25, 0.3) is 5.91 Å². The van der Waals surface area contributed by atoms with Crippen LogP contribution >= 0.6 is 0 Å². The van der Waals surface area contributed by atoms with Gasteiger partial charge < -0.3 is 25.1 Å². The average Bonchev–Trinajstić information content (AvgIpc) is 3.01. The highest BCUT2D eigenvalue weighted by molar-refractivity contribution is 5.94. The predicted octanol–water partition coefficient (Wildman–Crippen LogP) is 1.23. The zero-order chi connectivity index (χ0) is 18.5. The van der Waals surface area contributed by atoms with Crippen molar-refractivity contribution in [2.75, 3.05) is 13.1 Å². The number of carbonyl (C=O) groups is 1. The average molecular weight is 360 g/mol. The molecule has 1 fully saturated rings. The highest BCUT2D eigenvalue weighted by Crippen LogP contribution is 2.17. The molecule has 1 aromatic heterocycles. The number of nitrogens with one attached hydrogen (secondary N) is 1. The highest BCUT2D eigenvalue weighted by atomic mass is 16.4. The lowest BCUT2D eigenvalue weighted by Crippen LogP contribution is -2.48. The number of benzene rings is 1. The largest absolute Gasteiger partial charge is 0.508 e. The molecule has 1 amide bonds. The molecule has 0 aliphatic carbocycles. The van der Waals surface area contributed by atoms with Gasteiger partial charge in [-0.2, -0.15) is 0 Å². The Bertz CT molecular complexity index is 728. The van der Waals surface area contributed by atoms with Gasteiger partial charge in [-0.15, -0.1) is 0 Å². The first kappa shape index (κ1) is 18.4. The van der Waals surface area contributed by atoms with Gasteiger partial charge in [0.1, 0.15) is 23.9 Å². The van der Waals surface area contributed by atoms with Crippen LogP contribution < -0.4 is 5.32 Å². The Kier molecular flexibility index (Phi) is 5.92. The topological polar surface area (TPSA) is 106 Å². The Morgan fingerprint density at radius 3 is 2.62 bits per heavy atom. The number of phenolic OH excluding ortho intramolecular Hbond substituents is 1. The van der Waals surface area contributed by atoms with Crippen LogP contribution in [0.3, 0.4) is 0 Å². The number of aliphatic hydroxyl groups is 2. The summed E-state index contributed by atoms with van der Waals surface area (Å²) in [6, 6.07) is 9.19. The fourth-order valence-corrected chi connectivity index (χ4v) is 3.18. The number of likely N-dealkylation sites (tertiary alicyclic amines) is 1. The number of carbonyl (C=O) groups excluding carboxylic acids is 1. The number of amides is 1. The SMILES string of the molecule is O=C(N[C@H]1CN(Cc2ccc(CO)o2)CCC[C@H]1O)c1ccc(O)cc1. The van der Waals surface area contributed by atoms with E-state index in [1.807, 2.05) is 6.07 Å². The first-order valence-electron chi connectivity index (χ1n) is 8.74. The highest BCUT2D eigenvalue weighted by Gasteiger charge is 2.27. The summed E-state index contributed by atoms with van der Waals surface area (Å²) >= 11 is 0. The molecule has 0 bridgehead atoms. The van der Waals surface area contributed by atoms with E-state index in [4.69, 9.17) is 9.52 Å². The molecular weight excluding hydrogens is 336 g/mol. The van der Waals surface area contributed by atoms with Gasteiger partial charge in [0.2, 0.25) is 0 Å². The summed E-state index contributed by atoms with van der Waals surface area (Å²) in [4.78, 5) is 14.5. The fraction of sp³-hybridized carbons (Fsp3) is 0.421. The van der Waals surface area contributed by atoms with Gasteiger partial charge in [0, 0.05) is 12.1 Å². The minimum absolute atomic E-state index is 0.0999. The molecule has 4 N–H and O–H groups in total. The van der Waals surface area contributed by atoms with E-state index in [2.05, 4.69) is 10.2 Å². The number of furan rings is 1. The van der Waals surface area contributed by atoms with Crippen molar-refractivity contribution in [3.8, 4) is 5.75 Å². The molecule has 140 valence electrons. The monoisotopic (exact) mass is 360 g/mol. The van der Waals surface area contributed by atoms with E-state index >= 15 is 0 Å². The lowest BCUT2D eigenvalue weighted by atomic mass is 10.1. The molecule has 1 aliphatic heterocycles. The summed E-state index contributed by atoms with van der Waals surface area (Å²) in [6.07, 6.45) is 0.808. The van der Waals surface area contributed by atoms with Crippen molar-refractivity contribution in [3.63, 3.8) is 0 Å². The molecule has 7 nitrogen and oxygen atoms in total. The van der Waals surface area contributed by atoms with Crippen molar-refractivity contribution in [2.45, 2.75) is 38.1 Å². The van der Waals surface area contributed by atoms with Gasteiger partial charge in [-0.1, -0.05) is 0 Å². The van der Waals surface area contributed by atoms with Crippen molar-refractivity contribution in [1.29, 1.82) is 0 Å². The molecule has 0 unspecified atom stereocenters. The molecule has 26 heavy (non-hydrogen) atoms. The van der Waals surface area contributed by atoms with Crippen molar-refractivity contribution >= 4 is 5.91 Å². The van der Waals surface area contributed by atoms with E-state index in [1.54, 1.807) is 18.2 Å². The van der Waals surface area contributed by atoms with E-state index in [1.165, 1.54) is 12.1 Å². The molecule has 1 aliphatic rings. The van der Waals surface area contributed by atoms with Crippen LogP contribution in [0.15, 0.2) is 40.8 Å². The first-order chi connectivity index (χ1) is 12.5. The third-order valence-electron chi connectivity index (χ3n) is 4.59. The van der Waals surface area contributed by atoms with Crippen LogP contribution in [0, 0.1) is 0 Å². The van der Waals surface area contributed by atoms with E-state index in [-0.39, 0.29) is 18.3 Å². The fourth-order valence-electron chi connectivity index (χ4n) is 3.18. The smallest absolute Gasteiger partial charge is 0.251 e. The Labute approximate surface area is 151 Å². The van der Waals surface area contributed by atoms with Crippen LogP contribution in [0.5, 0.6) is 5.75 Å². The summed E-state index contributed by atoms with van der Waals surface area (Å²) in [5, 5.41) is 31.7. The molecule has 0 spiro atoms. The summed E-state index contributed by atoms with van der Waals surface area (Å²) in [5.41, 5.74) is 0.435. The first-order valence-corrected chi connectivity index (χ1v) is 8.74. The zero-order valence-electron chi connectivity index (χ0n) is 14.5. The van der Waals surface area contributed by atoms with E-state index in [0.717, 1.165) is 18.7 Å². The van der Waals surface area contributed by atoms with Crippen molar-refractivity contribution in [1.82, 2.24) is 10.2 Å². The molecule has 2 atom stereocenters. The molecule has 0 saturated carbocycles. The lowest BCUT2D eigenvalue weighted by molar-refractivity contribution is 0.0794. The van der Waals surface area contributed by atoms with Gasteiger partial charge in [-0.05, 0) is 55.8 Å². The third kappa shape index (κ3) is 4.63. The summed E-state index contributed by atoms with van der Waals surface area (Å²) < 4.78 is 5.53. The Morgan fingerprint density at radius 1 is 1.19 bits per heavy atom. The number of phenols is 1. The van der Waals surface area contributed by atoms with Crippen LogP contribution in [0.2, 0.25) is 0 Å². The maximum absolute atomic E-state index is 12.4. The number of hydrogen-bond donors (Lipinski definition) is 4. The summed E-state index contributed by atoms with van der Waals surface area (Å²) in [6.45, 7) is 1.71. The van der Waals surface area contributed by atoms with Crippen molar-refractivity contribution in [2.24, 2.45) is 0 Å². The number of aliphatic hydroxyl groups excluding tert-OH is 2. The van der Waals surface area contributed by atoms with Gasteiger partial charge in [0.15, 0.2) is 0 Å². The molecular formula is C19H24N2O5. The van der Waals surface area contributed by atoms with Gasteiger partial charge in [-0.25, -0.2) is 0 Å². The van der Waals surface area contributed by atoms with E-state index in [9.17, 15) is 15.0 Å². The summed E-state index contributed by atoms with van der Waals surface area (Å²) in [7, 11) is 0. The van der Waals surface area contributed by atoms with Crippen molar-refractivity contribution in [3.05, 3.63) is 53.5 Å². The van der Waals surface area contributed by atoms with E-state index < -0.39 is 12.1 Å². The minimum Gasteiger partial charge on any atom is -0.508 e. The second kappa shape index (κ2) is 8.35. The minimum atomic E-state index is -0.620.